The molecule has 1 aliphatic rings. The van der Waals surface area contributed by atoms with Crippen molar-refractivity contribution in [3.05, 3.63) is 28.5 Å². The van der Waals surface area contributed by atoms with Gasteiger partial charge >= 0.3 is 5.97 Å². The van der Waals surface area contributed by atoms with Crippen LogP contribution < -0.4 is 0 Å². The molecule has 0 bridgehead atoms. The zero-order chi connectivity index (χ0) is 14.4. The monoisotopic (exact) mass is 295 g/mol. The summed E-state index contributed by atoms with van der Waals surface area (Å²) >= 11 is 1.53. The standard InChI is InChI=1S/C14H17NO4S/c16-13(4-3-12-2-1-9-20-12)15(10-14(17)18)11-5-7-19-8-6-11/h1-4,9,11H,5-8,10H2,(H,17,18)/b4-3+. The van der Waals surface area contributed by atoms with Gasteiger partial charge in [-0.3, -0.25) is 9.59 Å². The Labute approximate surface area is 121 Å². The first-order valence-corrected chi connectivity index (χ1v) is 7.36. The third-order valence-electron chi connectivity index (χ3n) is 3.15. The summed E-state index contributed by atoms with van der Waals surface area (Å²) in [4.78, 5) is 25.6. The van der Waals surface area contributed by atoms with Crippen LogP contribution in [0.15, 0.2) is 23.6 Å². The van der Waals surface area contributed by atoms with E-state index in [9.17, 15) is 9.59 Å². The van der Waals surface area contributed by atoms with Crippen molar-refractivity contribution in [3.8, 4) is 0 Å². The molecular formula is C14H17NO4S. The molecule has 5 nitrogen and oxygen atoms in total. The summed E-state index contributed by atoms with van der Waals surface area (Å²) in [5.74, 6) is -1.25. The van der Waals surface area contributed by atoms with Crippen LogP contribution in [0, 0.1) is 0 Å². The number of hydrogen-bond donors (Lipinski definition) is 1. The summed E-state index contributed by atoms with van der Waals surface area (Å²) in [6, 6.07) is 3.76. The van der Waals surface area contributed by atoms with E-state index in [1.165, 1.54) is 22.3 Å². The minimum Gasteiger partial charge on any atom is -0.480 e. The predicted molar refractivity (Wildman–Crippen MR) is 76.5 cm³/mol. The fourth-order valence-corrected chi connectivity index (χ4v) is 2.78. The lowest BCUT2D eigenvalue weighted by molar-refractivity contribution is -0.145. The van der Waals surface area contributed by atoms with Gasteiger partial charge in [0.05, 0.1) is 0 Å². The smallest absolute Gasteiger partial charge is 0.323 e. The van der Waals surface area contributed by atoms with Gasteiger partial charge in [0.2, 0.25) is 5.91 Å². The lowest BCUT2D eigenvalue weighted by Crippen LogP contribution is -2.45. The molecule has 1 amide bonds. The van der Waals surface area contributed by atoms with E-state index in [1.807, 2.05) is 17.5 Å². The number of thiophene rings is 1. The summed E-state index contributed by atoms with van der Waals surface area (Å²) in [6.45, 7) is 0.879. The van der Waals surface area contributed by atoms with Crippen LogP contribution in [0.1, 0.15) is 17.7 Å². The number of aliphatic carboxylic acids is 1. The van der Waals surface area contributed by atoms with Crippen molar-refractivity contribution >= 4 is 29.3 Å². The maximum Gasteiger partial charge on any atom is 0.323 e. The number of carboxylic acids is 1. The van der Waals surface area contributed by atoms with E-state index in [0.717, 1.165) is 4.88 Å². The molecule has 0 aromatic carbocycles. The van der Waals surface area contributed by atoms with Gasteiger partial charge in [0.15, 0.2) is 0 Å². The van der Waals surface area contributed by atoms with E-state index in [0.29, 0.717) is 26.1 Å². The molecule has 2 heterocycles. The van der Waals surface area contributed by atoms with Crippen LogP contribution in [0.2, 0.25) is 0 Å². The Bertz CT molecular complexity index is 477. The quantitative estimate of drug-likeness (QED) is 0.842. The van der Waals surface area contributed by atoms with Crippen molar-refractivity contribution in [2.75, 3.05) is 19.8 Å². The Hall–Kier alpha value is -1.66. The summed E-state index contributed by atoms with van der Waals surface area (Å²) in [6.07, 6.45) is 4.54. The molecule has 0 saturated carbocycles. The number of rotatable bonds is 5. The summed E-state index contributed by atoms with van der Waals surface area (Å²) in [7, 11) is 0. The van der Waals surface area contributed by atoms with Gasteiger partial charge in [-0.1, -0.05) is 6.07 Å². The first kappa shape index (κ1) is 14.7. The number of hydrogen-bond acceptors (Lipinski definition) is 4. The second-order valence-corrected chi connectivity index (χ2v) is 5.53. The van der Waals surface area contributed by atoms with Crippen LogP contribution in [0.25, 0.3) is 6.08 Å². The van der Waals surface area contributed by atoms with Crippen LogP contribution in [0.5, 0.6) is 0 Å². The minimum absolute atomic E-state index is 0.0552. The van der Waals surface area contributed by atoms with Crippen molar-refractivity contribution in [3.63, 3.8) is 0 Å². The van der Waals surface area contributed by atoms with Crippen LogP contribution in [0.4, 0.5) is 0 Å². The van der Waals surface area contributed by atoms with E-state index < -0.39 is 5.97 Å². The fraction of sp³-hybridized carbons (Fsp3) is 0.429. The Balaban J connectivity index is 2.04. The van der Waals surface area contributed by atoms with Crippen molar-refractivity contribution in [2.24, 2.45) is 0 Å². The van der Waals surface area contributed by atoms with Crippen LogP contribution in [-0.2, 0) is 14.3 Å². The first-order chi connectivity index (χ1) is 9.66. The Morgan fingerprint density at radius 1 is 1.45 bits per heavy atom. The molecule has 1 aromatic rings. The maximum absolute atomic E-state index is 12.2. The minimum atomic E-state index is -0.991. The molecule has 0 spiro atoms. The highest BCUT2D eigenvalue weighted by atomic mass is 32.1. The highest BCUT2D eigenvalue weighted by molar-refractivity contribution is 7.10. The zero-order valence-electron chi connectivity index (χ0n) is 11.0. The normalized spacial score (nSPS) is 16.4. The Morgan fingerprint density at radius 3 is 2.80 bits per heavy atom. The van der Waals surface area contributed by atoms with Crippen molar-refractivity contribution in [2.45, 2.75) is 18.9 Å². The highest BCUT2D eigenvalue weighted by Gasteiger charge is 2.26. The third kappa shape index (κ3) is 4.18. The molecule has 1 N–H and O–H groups in total. The van der Waals surface area contributed by atoms with E-state index in [-0.39, 0.29) is 18.5 Å². The van der Waals surface area contributed by atoms with Crippen molar-refractivity contribution < 1.29 is 19.4 Å². The van der Waals surface area contributed by atoms with Crippen LogP contribution >= 0.6 is 11.3 Å². The third-order valence-corrected chi connectivity index (χ3v) is 3.99. The second-order valence-electron chi connectivity index (χ2n) is 4.55. The van der Waals surface area contributed by atoms with Gasteiger partial charge in [-0.05, 0) is 30.4 Å². The summed E-state index contributed by atoms with van der Waals surface area (Å²) in [5.41, 5.74) is 0. The molecule has 6 heteroatoms. The number of carbonyl (C=O) groups is 2. The molecule has 108 valence electrons. The largest absolute Gasteiger partial charge is 0.480 e. The lowest BCUT2D eigenvalue weighted by Gasteiger charge is -2.32. The molecule has 2 rings (SSSR count). The molecule has 1 fully saturated rings. The zero-order valence-corrected chi connectivity index (χ0v) is 11.8. The lowest BCUT2D eigenvalue weighted by atomic mass is 10.1. The van der Waals surface area contributed by atoms with Crippen molar-refractivity contribution in [1.82, 2.24) is 4.90 Å². The average molecular weight is 295 g/mol. The highest BCUT2D eigenvalue weighted by Crippen LogP contribution is 2.16. The van der Waals surface area contributed by atoms with E-state index >= 15 is 0 Å². The van der Waals surface area contributed by atoms with E-state index in [1.54, 1.807) is 6.08 Å². The SMILES string of the molecule is O=C(O)CN(C(=O)/C=C/c1cccs1)C1CCOCC1. The van der Waals surface area contributed by atoms with Gasteiger partial charge in [-0.25, -0.2) is 0 Å². The Morgan fingerprint density at radius 2 is 2.20 bits per heavy atom. The molecular weight excluding hydrogens is 278 g/mol. The average Bonchev–Trinajstić information content (AvgIpc) is 2.96. The number of ether oxygens (including phenoxy) is 1. The number of nitrogens with zero attached hydrogens (tertiary/aromatic N) is 1. The van der Waals surface area contributed by atoms with Crippen molar-refractivity contribution in [1.29, 1.82) is 0 Å². The number of amides is 1. The van der Waals surface area contributed by atoms with Gasteiger partial charge < -0.3 is 14.7 Å². The molecule has 1 aliphatic heterocycles. The molecule has 1 aromatic heterocycles. The van der Waals surface area contributed by atoms with Gasteiger partial charge in [0, 0.05) is 30.2 Å². The first-order valence-electron chi connectivity index (χ1n) is 6.48. The molecule has 0 atom stereocenters. The van der Waals surface area contributed by atoms with Gasteiger partial charge in [-0.15, -0.1) is 11.3 Å². The number of carbonyl (C=O) groups excluding carboxylic acids is 1. The van der Waals surface area contributed by atoms with E-state index in [4.69, 9.17) is 9.84 Å². The molecule has 1 saturated heterocycles. The summed E-state index contributed by atoms with van der Waals surface area (Å²) in [5, 5.41) is 10.9. The predicted octanol–water partition coefficient (Wildman–Crippen LogP) is 1.85. The van der Waals surface area contributed by atoms with Gasteiger partial charge in [0.25, 0.3) is 0 Å². The Kier molecular flexibility index (Phi) is 5.31. The molecule has 0 aliphatic carbocycles. The van der Waals surface area contributed by atoms with Crippen LogP contribution in [0.3, 0.4) is 0 Å². The maximum atomic E-state index is 12.2. The molecule has 20 heavy (non-hydrogen) atoms. The van der Waals surface area contributed by atoms with E-state index in [2.05, 4.69) is 0 Å². The molecule has 0 radical (unpaired) electrons. The fourth-order valence-electron chi connectivity index (χ4n) is 2.16. The van der Waals surface area contributed by atoms with Gasteiger partial charge in [0.1, 0.15) is 6.54 Å². The second kappa shape index (κ2) is 7.21. The number of carboxylic acid groups (broad SMARTS) is 1. The molecule has 0 unspecified atom stereocenters. The van der Waals surface area contributed by atoms with Crippen LogP contribution in [-0.4, -0.2) is 47.7 Å². The van der Waals surface area contributed by atoms with Gasteiger partial charge in [-0.2, -0.15) is 0 Å². The topological polar surface area (TPSA) is 66.8 Å². The summed E-state index contributed by atoms with van der Waals surface area (Å²) < 4.78 is 5.25.